The summed E-state index contributed by atoms with van der Waals surface area (Å²) in [5, 5.41) is 20.5. The van der Waals surface area contributed by atoms with E-state index < -0.39 is 11.7 Å². The van der Waals surface area contributed by atoms with Crippen molar-refractivity contribution in [1.29, 1.82) is 0 Å². The molecule has 0 saturated heterocycles. The van der Waals surface area contributed by atoms with Crippen LogP contribution < -0.4 is 10.5 Å². The fourth-order valence-corrected chi connectivity index (χ4v) is 3.92. The Bertz CT molecular complexity index is 1470. The Morgan fingerprint density at radius 3 is 2.62 bits per heavy atom. The number of aryl methyl sites for hydroxylation is 1. The molecule has 1 aliphatic rings. The van der Waals surface area contributed by atoms with Crippen molar-refractivity contribution >= 4 is 28.8 Å². The van der Waals surface area contributed by atoms with Crippen molar-refractivity contribution in [1.82, 2.24) is 9.55 Å². The van der Waals surface area contributed by atoms with Crippen molar-refractivity contribution < 1.29 is 24.5 Å². The molecule has 2 aromatic heterocycles. The van der Waals surface area contributed by atoms with Gasteiger partial charge in [-0.1, -0.05) is 12.1 Å². The number of primary amides is 1. The number of phenolic OH excluding ortho intramolecular Hbond substituents is 2. The van der Waals surface area contributed by atoms with Crippen LogP contribution in [0.25, 0.3) is 28.2 Å². The molecule has 158 valence electrons. The SMILES string of the molecule is Cn1cc(C=C2Oc3cc(O)cc(O)c3C2=O)c2c(-c3ccc(C(N)=O)cc3)ccnc21. The number of amides is 1. The topological polar surface area (TPSA) is 128 Å². The van der Waals surface area contributed by atoms with Gasteiger partial charge in [-0.3, -0.25) is 9.59 Å². The van der Waals surface area contributed by atoms with E-state index in [1.54, 1.807) is 36.5 Å². The second-order valence-corrected chi connectivity index (χ2v) is 7.47. The first-order valence-corrected chi connectivity index (χ1v) is 9.68. The Labute approximate surface area is 181 Å². The van der Waals surface area contributed by atoms with Crippen molar-refractivity contribution in [2.45, 2.75) is 0 Å². The normalized spacial score (nSPS) is 14.0. The lowest BCUT2D eigenvalue weighted by Crippen LogP contribution is -2.10. The number of fused-ring (bicyclic) bond motifs is 2. The molecule has 0 spiro atoms. The van der Waals surface area contributed by atoms with Crippen molar-refractivity contribution in [2.24, 2.45) is 12.8 Å². The lowest BCUT2D eigenvalue weighted by atomic mass is 9.99. The molecule has 8 heteroatoms. The Kier molecular flexibility index (Phi) is 4.23. The molecule has 0 atom stereocenters. The number of hydrogen-bond donors (Lipinski definition) is 3. The summed E-state index contributed by atoms with van der Waals surface area (Å²) in [6.07, 6.45) is 5.09. The maximum Gasteiger partial charge on any atom is 0.248 e. The van der Waals surface area contributed by atoms with Crippen LogP contribution in [-0.2, 0) is 7.05 Å². The zero-order chi connectivity index (χ0) is 22.6. The summed E-state index contributed by atoms with van der Waals surface area (Å²) in [7, 11) is 1.84. The first kappa shape index (κ1) is 19.4. The summed E-state index contributed by atoms with van der Waals surface area (Å²) in [5.41, 5.74) is 8.82. The number of benzene rings is 2. The van der Waals surface area contributed by atoms with Crippen molar-refractivity contribution in [3.8, 4) is 28.4 Å². The molecule has 0 aliphatic carbocycles. The van der Waals surface area contributed by atoms with Crippen LogP contribution >= 0.6 is 0 Å². The maximum absolute atomic E-state index is 12.8. The minimum atomic E-state index is -0.507. The molecule has 5 rings (SSSR count). The number of rotatable bonds is 3. The first-order valence-electron chi connectivity index (χ1n) is 9.68. The maximum atomic E-state index is 12.8. The Morgan fingerprint density at radius 2 is 1.91 bits per heavy atom. The van der Waals surface area contributed by atoms with Gasteiger partial charge in [0, 0.05) is 48.1 Å². The van der Waals surface area contributed by atoms with Gasteiger partial charge in [0.2, 0.25) is 11.7 Å². The molecule has 2 aromatic carbocycles. The molecular weight excluding hydrogens is 410 g/mol. The minimum Gasteiger partial charge on any atom is -0.508 e. The number of allylic oxidation sites excluding steroid dienone is 1. The number of aromatic hydroxyl groups is 2. The van der Waals surface area contributed by atoms with Gasteiger partial charge in [0.05, 0.1) is 0 Å². The molecular formula is C24H17N3O5. The van der Waals surface area contributed by atoms with E-state index in [-0.39, 0.29) is 28.6 Å². The van der Waals surface area contributed by atoms with Crippen molar-refractivity contribution in [2.75, 3.05) is 0 Å². The molecule has 0 radical (unpaired) electrons. The van der Waals surface area contributed by atoms with E-state index >= 15 is 0 Å². The van der Waals surface area contributed by atoms with Crippen molar-refractivity contribution in [3.63, 3.8) is 0 Å². The quantitative estimate of drug-likeness (QED) is 0.430. The summed E-state index contributed by atoms with van der Waals surface area (Å²) in [5.74, 6) is -1.42. The zero-order valence-electron chi connectivity index (χ0n) is 16.9. The predicted octanol–water partition coefficient (Wildman–Crippen LogP) is 3.37. The van der Waals surface area contributed by atoms with Gasteiger partial charge in [-0.25, -0.2) is 4.98 Å². The Hall–Kier alpha value is -4.59. The van der Waals surface area contributed by atoms with E-state index in [4.69, 9.17) is 10.5 Å². The number of ether oxygens (including phenoxy) is 1. The highest BCUT2D eigenvalue weighted by molar-refractivity contribution is 6.17. The van der Waals surface area contributed by atoms with Gasteiger partial charge in [0.15, 0.2) is 5.76 Å². The predicted molar refractivity (Wildman–Crippen MR) is 117 cm³/mol. The third-order valence-corrected chi connectivity index (χ3v) is 5.39. The summed E-state index contributed by atoms with van der Waals surface area (Å²) in [6.45, 7) is 0. The highest BCUT2D eigenvalue weighted by Gasteiger charge is 2.31. The van der Waals surface area contributed by atoms with Crippen LogP contribution in [0.5, 0.6) is 17.2 Å². The van der Waals surface area contributed by atoms with Gasteiger partial charge in [0.25, 0.3) is 0 Å². The third-order valence-electron chi connectivity index (χ3n) is 5.39. The Balaban J connectivity index is 1.65. The fraction of sp³-hybridized carbons (Fsp3) is 0.0417. The first-order chi connectivity index (χ1) is 15.3. The van der Waals surface area contributed by atoms with Gasteiger partial charge in [-0.05, 0) is 35.4 Å². The molecule has 3 heterocycles. The summed E-state index contributed by atoms with van der Waals surface area (Å²) >= 11 is 0. The fourth-order valence-electron chi connectivity index (χ4n) is 3.92. The molecule has 4 N–H and O–H groups in total. The van der Waals surface area contributed by atoms with Crippen LogP contribution in [0.1, 0.15) is 26.3 Å². The third kappa shape index (κ3) is 2.97. The standard InChI is InChI=1S/C24H17N3O5/c1-27-11-14(8-19-22(30)21-17(29)9-15(28)10-18(21)32-19)20-16(6-7-26-24(20)27)12-2-4-13(5-3-12)23(25)31/h2-11,28-29H,1H3,(H2,25,31). The number of ketones is 1. The molecule has 4 aromatic rings. The van der Waals surface area contributed by atoms with E-state index in [9.17, 15) is 19.8 Å². The number of nitrogens with zero attached hydrogens (tertiary/aromatic N) is 2. The van der Waals surface area contributed by atoms with Crippen LogP contribution in [0.4, 0.5) is 0 Å². The molecule has 0 fully saturated rings. The highest BCUT2D eigenvalue weighted by atomic mass is 16.5. The van der Waals surface area contributed by atoms with Crippen LogP contribution in [0.2, 0.25) is 0 Å². The van der Waals surface area contributed by atoms with Crippen LogP contribution in [0.15, 0.2) is 60.6 Å². The molecule has 0 unspecified atom stereocenters. The zero-order valence-corrected chi connectivity index (χ0v) is 16.9. The van der Waals surface area contributed by atoms with E-state index in [2.05, 4.69) is 4.98 Å². The lowest BCUT2D eigenvalue weighted by molar-refractivity contribution is 0.0996. The second kappa shape index (κ2) is 6.98. The highest BCUT2D eigenvalue weighted by Crippen LogP contribution is 2.41. The second-order valence-electron chi connectivity index (χ2n) is 7.47. The lowest BCUT2D eigenvalue weighted by Gasteiger charge is -2.06. The number of nitrogens with two attached hydrogens (primary N) is 1. The van der Waals surface area contributed by atoms with E-state index in [1.807, 2.05) is 23.9 Å². The summed E-state index contributed by atoms with van der Waals surface area (Å²) in [6, 6.07) is 11.1. The summed E-state index contributed by atoms with van der Waals surface area (Å²) in [4.78, 5) is 28.7. The number of Topliss-reactive ketones (excluding diaryl/α,β-unsaturated/α-hetero) is 1. The monoisotopic (exact) mass is 427 g/mol. The van der Waals surface area contributed by atoms with Crippen LogP contribution in [0, 0.1) is 0 Å². The smallest absolute Gasteiger partial charge is 0.248 e. The Morgan fingerprint density at radius 1 is 1.16 bits per heavy atom. The average molecular weight is 427 g/mol. The van der Waals surface area contributed by atoms with Crippen LogP contribution in [0.3, 0.4) is 0 Å². The largest absolute Gasteiger partial charge is 0.508 e. The number of carbonyl (C=O) groups excluding carboxylic acids is 2. The molecule has 32 heavy (non-hydrogen) atoms. The number of hydrogen-bond acceptors (Lipinski definition) is 6. The summed E-state index contributed by atoms with van der Waals surface area (Å²) < 4.78 is 7.47. The van der Waals surface area contributed by atoms with Gasteiger partial charge in [-0.15, -0.1) is 0 Å². The van der Waals surface area contributed by atoms with Gasteiger partial charge in [0.1, 0.15) is 28.5 Å². The number of pyridine rings is 1. The molecule has 1 amide bonds. The van der Waals surface area contributed by atoms with E-state index in [0.29, 0.717) is 16.8 Å². The molecule has 1 aliphatic heterocycles. The van der Waals surface area contributed by atoms with Gasteiger partial charge in [-0.2, -0.15) is 0 Å². The molecule has 0 bridgehead atoms. The van der Waals surface area contributed by atoms with E-state index in [1.165, 1.54) is 6.07 Å². The number of aromatic nitrogens is 2. The average Bonchev–Trinajstić information content (AvgIpc) is 3.25. The van der Waals surface area contributed by atoms with Crippen LogP contribution in [-0.4, -0.2) is 31.5 Å². The van der Waals surface area contributed by atoms with Gasteiger partial charge < -0.3 is 25.3 Å². The number of phenols is 2. The molecule has 8 nitrogen and oxygen atoms in total. The molecule has 0 saturated carbocycles. The van der Waals surface area contributed by atoms with E-state index in [0.717, 1.165) is 22.6 Å². The van der Waals surface area contributed by atoms with Gasteiger partial charge >= 0.3 is 0 Å². The minimum absolute atomic E-state index is 0.00896. The van der Waals surface area contributed by atoms with Crippen molar-refractivity contribution in [3.05, 3.63) is 77.3 Å². The number of carbonyl (C=O) groups is 2.